The second-order valence-corrected chi connectivity index (χ2v) is 10.1. The second kappa shape index (κ2) is 9.52. The smallest absolute Gasteiger partial charge is 0.410 e. The lowest BCUT2D eigenvalue weighted by Crippen LogP contribution is -2.10. The molecule has 2 aromatic carbocycles. The van der Waals surface area contributed by atoms with E-state index >= 15 is 0 Å². The maximum Gasteiger partial charge on any atom is 0.410 e. The number of imidazole rings is 1. The molecule has 1 amide bonds. The first-order valence-corrected chi connectivity index (χ1v) is 12.8. The molecule has 0 aliphatic rings. The summed E-state index contributed by atoms with van der Waals surface area (Å²) in [6.07, 6.45) is 4.34. The van der Waals surface area contributed by atoms with E-state index in [0.717, 1.165) is 18.4 Å². The SMILES string of the molecule is CS(=O)(=O)Nc1cc(-c2ccc(F)cc2F)cc(-n2cnc3cc(-c4ccc(NC(=O)O)nc4)cnc32)c1. The Morgan fingerprint density at radius 1 is 0.921 bits per heavy atom. The van der Waals surface area contributed by atoms with E-state index in [-0.39, 0.29) is 17.1 Å². The Bertz CT molecular complexity index is 1810. The number of halogens is 2. The maximum atomic E-state index is 14.6. The van der Waals surface area contributed by atoms with Crippen LogP contribution in [-0.4, -0.2) is 45.4 Å². The van der Waals surface area contributed by atoms with Crippen LogP contribution in [0, 0.1) is 11.6 Å². The molecule has 0 radical (unpaired) electrons. The molecule has 0 aliphatic heterocycles. The number of aromatic nitrogens is 4. The molecule has 5 aromatic rings. The lowest BCUT2D eigenvalue weighted by molar-refractivity contribution is 0.209. The summed E-state index contributed by atoms with van der Waals surface area (Å²) in [6, 6.07) is 12.7. The number of anilines is 2. The van der Waals surface area contributed by atoms with Crippen molar-refractivity contribution in [3.05, 3.63) is 85.0 Å². The third-order valence-electron chi connectivity index (χ3n) is 5.46. The van der Waals surface area contributed by atoms with Crippen LogP contribution in [-0.2, 0) is 10.0 Å². The molecule has 10 nitrogen and oxygen atoms in total. The predicted molar refractivity (Wildman–Crippen MR) is 138 cm³/mol. The molecule has 192 valence electrons. The van der Waals surface area contributed by atoms with Crippen molar-refractivity contribution in [2.24, 2.45) is 0 Å². The van der Waals surface area contributed by atoms with Crippen molar-refractivity contribution in [2.75, 3.05) is 16.3 Å². The number of benzene rings is 2. The topological polar surface area (TPSA) is 139 Å². The van der Waals surface area contributed by atoms with Crippen molar-refractivity contribution in [1.29, 1.82) is 0 Å². The molecule has 3 aromatic heterocycles. The van der Waals surface area contributed by atoms with E-state index in [4.69, 9.17) is 5.11 Å². The van der Waals surface area contributed by atoms with Gasteiger partial charge in [0.15, 0.2) is 5.65 Å². The van der Waals surface area contributed by atoms with Gasteiger partial charge in [0.25, 0.3) is 0 Å². The van der Waals surface area contributed by atoms with E-state index in [2.05, 4.69) is 25.0 Å². The van der Waals surface area contributed by atoms with Gasteiger partial charge in [0.1, 0.15) is 29.3 Å². The largest absolute Gasteiger partial charge is 0.465 e. The van der Waals surface area contributed by atoms with Crippen LogP contribution in [0.1, 0.15) is 0 Å². The summed E-state index contributed by atoms with van der Waals surface area (Å²) in [6.45, 7) is 0. The van der Waals surface area contributed by atoms with Gasteiger partial charge in [0, 0.05) is 35.2 Å². The van der Waals surface area contributed by atoms with Crippen molar-refractivity contribution in [2.45, 2.75) is 0 Å². The first kappa shape index (κ1) is 24.8. The molecule has 3 N–H and O–H groups in total. The zero-order valence-corrected chi connectivity index (χ0v) is 20.4. The van der Waals surface area contributed by atoms with Gasteiger partial charge in [-0.1, -0.05) is 0 Å². The lowest BCUT2D eigenvalue weighted by atomic mass is 10.0. The van der Waals surface area contributed by atoms with Crippen LogP contribution < -0.4 is 10.0 Å². The number of carbonyl (C=O) groups is 1. The second-order valence-electron chi connectivity index (χ2n) is 8.31. The van der Waals surface area contributed by atoms with E-state index in [9.17, 15) is 22.0 Å². The molecule has 5 rings (SSSR count). The zero-order chi connectivity index (χ0) is 27.0. The van der Waals surface area contributed by atoms with Gasteiger partial charge in [-0.15, -0.1) is 0 Å². The Labute approximate surface area is 214 Å². The highest BCUT2D eigenvalue weighted by atomic mass is 32.2. The molecule has 3 heterocycles. The highest BCUT2D eigenvalue weighted by Gasteiger charge is 2.15. The number of pyridine rings is 2. The van der Waals surface area contributed by atoms with Gasteiger partial charge in [-0.05, 0) is 54.1 Å². The third kappa shape index (κ3) is 5.27. The average Bonchev–Trinajstić information content (AvgIpc) is 3.26. The van der Waals surface area contributed by atoms with E-state index in [1.807, 2.05) is 0 Å². The minimum atomic E-state index is -3.65. The number of sulfonamides is 1. The maximum absolute atomic E-state index is 14.6. The molecule has 38 heavy (non-hydrogen) atoms. The minimum absolute atomic E-state index is 0.0813. The van der Waals surface area contributed by atoms with Crippen molar-refractivity contribution in [1.82, 2.24) is 19.5 Å². The number of amides is 1. The number of rotatable bonds is 6. The highest BCUT2D eigenvalue weighted by molar-refractivity contribution is 7.92. The predicted octanol–water partition coefficient (Wildman–Crippen LogP) is 4.89. The Morgan fingerprint density at radius 2 is 1.71 bits per heavy atom. The molecule has 0 unspecified atom stereocenters. The van der Waals surface area contributed by atoms with Crippen LogP contribution >= 0.6 is 0 Å². The first-order chi connectivity index (χ1) is 18.1. The van der Waals surface area contributed by atoms with Gasteiger partial charge in [-0.2, -0.15) is 0 Å². The van der Waals surface area contributed by atoms with Gasteiger partial charge < -0.3 is 5.11 Å². The quantitative estimate of drug-likeness (QED) is 0.281. The van der Waals surface area contributed by atoms with Crippen LogP contribution in [0.25, 0.3) is 39.1 Å². The zero-order valence-electron chi connectivity index (χ0n) is 19.6. The summed E-state index contributed by atoms with van der Waals surface area (Å²) < 4.78 is 55.9. The molecule has 0 aliphatic carbocycles. The summed E-state index contributed by atoms with van der Waals surface area (Å²) in [5.74, 6) is -1.36. The highest BCUT2D eigenvalue weighted by Crippen LogP contribution is 2.31. The van der Waals surface area contributed by atoms with Gasteiger partial charge in [-0.25, -0.2) is 36.9 Å². The molecule has 0 spiro atoms. The summed E-state index contributed by atoms with van der Waals surface area (Å²) in [5.41, 5.74) is 3.30. The van der Waals surface area contributed by atoms with Crippen LogP contribution in [0.5, 0.6) is 0 Å². The molecule has 13 heteroatoms. The molecule has 0 atom stereocenters. The standard InChI is InChI=1S/C25H18F2N6O4S/c1-38(36,37)32-18-6-15(20-4-3-17(26)9-21(20)27)7-19(10-18)33-13-30-22-8-16(12-29-24(22)33)14-2-5-23(28-11-14)31-25(34)35/h2-13,32H,1H3,(H,28,31)(H,34,35). The Balaban J connectivity index is 1.57. The Hall–Kier alpha value is -4.91. The molecular weight excluding hydrogens is 518 g/mol. The summed E-state index contributed by atoms with van der Waals surface area (Å²) >= 11 is 0. The summed E-state index contributed by atoms with van der Waals surface area (Å²) in [5, 5.41) is 11.0. The number of hydrogen-bond donors (Lipinski definition) is 3. The Morgan fingerprint density at radius 3 is 2.39 bits per heavy atom. The van der Waals surface area contributed by atoms with Crippen molar-refractivity contribution < 1.29 is 27.1 Å². The van der Waals surface area contributed by atoms with E-state index in [1.165, 1.54) is 30.7 Å². The van der Waals surface area contributed by atoms with Gasteiger partial charge in [-0.3, -0.25) is 14.6 Å². The molecule has 0 saturated heterocycles. The Kier molecular flexibility index (Phi) is 6.20. The average molecular weight is 537 g/mol. The first-order valence-electron chi connectivity index (χ1n) is 10.9. The monoisotopic (exact) mass is 536 g/mol. The van der Waals surface area contributed by atoms with Crippen molar-refractivity contribution >= 4 is 38.8 Å². The van der Waals surface area contributed by atoms with Crippen LogP contribution in [0.3, 0.4) is 0 Å². The molecule has 0 fully saturated rings. The number of fused-ring (bicyclic) bond motifs is 1. The van der Waals surface area contributed by atoms with E-state index in [1.54, 1.807) is 35.0 Å². The number of nitrogens with one attached hydrogen (secondary N) is 2. The van der Waals surface area contributed by atoms with Gasteiger partial charge in [0.05, 0.1) is 17.6 Å². The van der Waals surface area contributed by atoms with Crippen molar-refractivity contribution in [3.63, 3.8) is 0 Å². The van der Waals surface area contributed by atoms with Gasteiger partial charge >= 0.3 is 6.09 Å². The normalized spacial score (nSPS) is 11.4. The molecule has 0 bridgehead atoms. The van der Waals surface area contributed by atoms with Crippen LogP contribution in [0.2, 0.25) is 0 Å². The van der Waals surface area contributed by atoms with E-state index in [0.29, 0.717) is 33.5 Å². The lowest BCUT2D eigenvalue weighted by Gasteiger charge is -2.13. The number of nitrogens with zero attached hydrogens (tertiary/aromatic N) is 4. The van der Waals surface area contributed by atoms with Gasteiger partial charge in [0.2, 0.25) is 10.0 Å². The number of hydrogen-bond acceptors (Lipinski definition) is 6. The minimum Gasteiger partial charge on any atom is -0.465 e. The molecular formula is C25H18F2N6O4S. The summed E-state index contributed by atoms with van der Waals surface area (Å²) in [7, 11) is -3.65. The van der Waals surface area contributed by atoms with Crippen LogP contribution in [0.15, 0.2) is 73.3 Å². The fraction of sp³-hybridized carbons (Fsp3) is 0.0400. The van der Waals surface area contributed by atoms with Crippen molar-refractivity contribution in [3.8, 4) is 27.9 Å². The third-order valence-corrected chi connectivity index (χ3v) is 6.07. The number of carboxylic acid groups (broad SMARTS) is 1. The summed E-state index contributed by atoms with van der Waals surface area (Å²) in [4.78, 5) is 23.7. The molecule has 0 saturated carbocycles. The van der Waals surface area contributed by atoms with E-state index < -0.39 is 27.8 Å². The van der Waals surface area contributed by atoms with Crippen LogP contribution in [0.4, 0.5) is 25.1 Å². The fourth-order valence-electron chi connectivity index (χ4n) is 3.90. The fourth-order valence-corrected chi connectivity index (χ4v) is 4.44.